The molecule has 4 nitrogen and oxygen atoms in total. The number of nitrogens with two attached hydrogens (primary N) is 1. The summed E-state index contributed by atoms with van der Waals surface area (Å²) in [6, 6.07) is 24.1. The molecule has 0 atom stereocenters. The predicted molar refractivity (Wildman–Crippen MR) is 114 cm³/mol. The first-order chi connectivity index (χ1) is 12.7. The van der Waals surface area contributed by atoms with Crippen LogP contribution in [-0.4, -0.2) is 15.1 Å². The highest BCUT2D eigenvalue weighted by molar-refractivity contribution is 8.22. The molecule has 2 aromatic carbocycles. The Morgan fingerprint density at radius 2 is 1.69 bits per heavy atom. The van der Waals surface area contributed by atoms with E-state index in [4.69, 9.17) is 18.0 Å². The van der Waals surface area contributed by atoms with Gasteiger partial charge in [-0.25, -0.2) is 0 Å². The molecule has 0 spiro atoms. The van der Waals surface area contributed by atoms with Gasteiger partial charge in [0.1, 0.15) is 5.69 Å². The Labute approximate surface area is 162 Å². The maximum absolute atomic E-state index is 6.05. The highest BCUT2D eigenvalue weighted by Crippen LogP contribution is 2.18. The first-order valence-corrected chi connectivity index (χ1v) is 9.43. The number of hydrogen-bond acceptors (Lipinski definition) is 4. The minimum atomic E-state index is 0.297. The van der Waals surface area contributed by atoms with Gasteiger partial charge in [-0.1, -0.05) is 84.6 Å². The van der Waals surface area contributed by atoms with Crippen LogP contribution in [0.5, 0.6) is 0 Å². The number of rotatable bonds is 5. The lowest BCUT2D eigenvalue weighted by Crippen LogP contribution is -2.22. The molecule has 1 aromatic heterocycles. The van der Waals surface area contributed by atoms with Crippen molar-refractivity contribution in [2.45, 2.75) is 5.75 Å². The molecule has 3 rings (SSSR count). The third-order valence-electron chi connectivity index (χ3n) is 3.61. The fourth-order valence-electron chi connectivity index (χ4n) is 2.30. The molecule has 0 radical (unpaired) electrons. The average molecular weight is 379 g/mol. The third kappa shape index (κ3) is 5.15. The van der Waals surface area contributed by atoms with Crippen molar-refractivity contribution in [3.63, 3.8) is 0 Å². The number of thiocarbonyl (C=S) groups is 1. The number of hydrogen-bond donors (Lipinski definition) is 2. The van der Waals surface area contributed by atoms with Gasteiger partial charge < -0.3 is 5.73 Å². The number of thioether (sulfide) groups is 1. The van der Waals surface area contributed by atoms with Gasteiger partial charge in [0, 0.05) is 11.9 Å². The summed E-state index contributed by atoms with van der Waals surface area (Å²) < 4.78 is 0.566. The zero-order chi connectivity index (χ0) is 18.2. The number of pyridine rings is 1. The highest BCUT2D eigenvalue weighted by atomic mass is 32.2. The van der Waals surface area contributed by atoms with Gasteiger partial charge in [-0.3, -0.25) is 10.4 Å². The highest BCUT2D eigenvalue weighted by Gasteiger charge is 2.05. The zero-order valence-electron chi connectivity index (χ0n) is 14.0. The lowest BCUT2D eigenvalue weighted by molar-refractivity contribution is 1.05. The summed E-state index contributed by atoms with van der Waals surface area (Å²) in [5.74, 6) is 1.08. The van der Waals surface area contributed by atoms with Gasteiger partial charge >= 0.3 is 0 Å². The maximum Gasteiger partial charge on any atom is 0.169 e. The fourth-order valence-corrected chi connectivity index (χ4v) is 3.12. The van der Waals surface area contributed by atoms with Crippen molar-refractivity contribution in [3.8, 4) is 11.1 Å². The Balaban J connectivity index is 1.61. The molecule has 0 aliphatic carbocycles. The molecular weight excluding hydrogens is 360 g/mol. The Morgan fingerprint density at radius 3 is 2.42 bits per heavy atom. The lowest BCUT2D eigenvalue weighted by Gasteiger charge is -2.06. The van der Waals surface area contributed by atoms with Crippen LogP contribution in [0.2, 0.25) is 0 Å². The molecule has 0 amide bonds. The molecule has 6 heteroatoms. The first-order valence-electron chi connectivity index (χ1n) is 8.04. The number of hydrazone groups is 1. The second kappa shape index (κ2) is 9.12. The minimum Gasteiger partial charge on any atom is -0.380 e. The molecule has 0 saturated carbocycles. The van der Waals surface area contributed by atoms with Gasteiger partial charge in [-0.2, -0.15) is 5.10 Å². The van der Waals surface area contributed by atoms with Crippen molar-refractivity contribution in [1.29, 1.82) is 0 Å². The van der Waals surface area contributed by atoms with E-state index in [2.05, 4.69) is 27.6 Å². The van der Waals surface area contributed by atoms with E-state index in [-0.39, 0.29) is 0 Å². The van der Waals surface area contributed by atoms with Crippen molar-refractivity contribution in [3.05, 3.63) is 90.3 Å². The molecule has 0 aliphatic heterocycles. The van der Waals surface area contributed by atoms with Crippen LogP contribution in [0.3, 0.4) is 0 Å². The Bertz CT molecular complexity index is 896. The van der Waals surface area contributed by atoms with Gasteiger partial charge in [-0.05, 0) is 28.8 Å². The topological polar surface area (TPSA) is 63.3 Å². The molecule has 3 N–H and O–H groups in total. The quantitative estimate of drug-likeness (QED) is 0.302. The molecular formula is C20H18N4S2. The maximum atomic E-state index is 6.05. The van der Waals surface area contributed by atoms with E-state index in [1.54, 1.807) is 6.20 Å². The van der Waals surface area contributed by atoms with Crippen molar-refractivity contribution < 1.29 is 0 Å². The number of nitrogens with one attached hydrogen (secondary N) is 1. The smallest absolute Gasteiger partial charge is 0.169 e. The lowest BCUT2D eigenvalue weighted by atomic mass is 10.1. The molecule has 0 aliphatic rings. The third-order valence-corrected chi connectivity index (χ3v) is 4.89. The van der Waals surface area contributed by atoms with Crippen LogP contribution in [0.1, 0.15) is 11.3 Å². The average Bonchev–Trinajstić information content (AvgIpc) is 2.72. The largest absolute Gasteiger partial charge is 0.380 e. The Morgan fingerprint density at radius 1 is 1.00 bits per heavy atom. The van der Waals surface area contributed by atoms with E-state index >= 15 is 0 Å². The van der Waals surface area contributed by atoms with E-state index in [1.165, 1.54) is 17.3 Å². The minimum absolute atomic E-state index is 0.297. The van der Waals surface area contributed by atoms with Crippen LogP contribution in [0, 0.1) is 0 Å². The first kappa shape index (κ1) is 18.1. The summed E-state index contributed by atoms with van der Waals surface area (Å²) in [7, 11) is 0. The van der Waals surface area contributed by atoms with Gasteiger partial charge in [0.25, 0.3) is 0 Å². The van der Waals surface area contributed by atoms with Crippen molar-refractivity contribution in [1.82, 2.24) is 10.4 Å². The number of nitrogens with zero attached hydrogens (tertiary/aromatic N) is 2. The second-order valence-corrected chi connectivity index (χ2v) is 7.12. The van der Waals surface area contributed by atoms with Crippen molar-refractivity contribution in [2.24, 2.45) is 10.8 Å². The van der Waals surface area contributed by atoms with Crippen LogP contribution in [-0.2, 0) is 5.75 Å². The second-order valence-electron chi connectivity index (χ2n) is 5.47. The fraction of sp³-hybridized carbons (Fsp3) is 0.0500. The molecule has 1 heterocycles. The SMILES string of the molecule is N/C(=N\NC(=S)SCc1ccccc1)c1cc(-c2ccccc2)ccn1. The molecule has 0 bridgehead atoms. The molecule has 0 saturated heterocycles. The monoisotopic (exact) mass is 378 g/mol. The van der Waals surface area contributed by atoms with E-state index in [1.807, 2.05) is 60.7 Å². The van der Waals surface area contributed by atoms with Crippen LogP contribution >= 0.6 is 24.0 Å². The van der Waals surface area contributed by atoms with Crippen LogP contribution < -0.4 is 11.2 Å². The molecule has 26 heavy (non-hydrogen) atoms. The summed E-state index contributed by atoms with van der Waals surface area (Å²) in [4.78, 5) is 4.29. The summed E-state index contributed by atoms with van der Waals surface area (Å²) in [6.45, 7) is 0. The molecule has 3 aromatic rings. The summed E-state index contributed by atoms with van der Waals surface area (Å²) >= 11 is 6.80. The van der Waals surface area contributed by atoms with Crippen molar-refractivity contribution >= 4 is 34.1 Å². The van der Waals surface area contributed by atoms with E-state index < -0.39 is 0 Å². The molecule has 130 valence electrons. The predicted octanol–water partition coefficient (Wildman–Crippen LogP) is 4.18. The Hall–Kier alpha value is -2.70. The van der Waals surface area contributed by atoms with Crippen LogP contribution in [0.15, 0.2) is 84.1 Å². The van der Waals surface area contributed by atoms with Gasteiger partial charge in [0.15, 0.2) is 10.2 Å². The van der Waals surface area contributed by atoms with E-state index in [9.17, 15) is 0 Å². The molecule has 0 fully saturated rings. The summed E-state index contributed by atoms with van der Waals surface area (Å²) in [5.41, 5.74) is 12.8. The normalized spacial score (nSPS) is 11.2. The standard InChI is InChI=1S/C20H18N4S2/c21-19(23-24-20(25)26-14-15-7-3-1-4-8-15)18-13-17(11-12-22-18)16-9-5-2-6-10-16/h1-13H,14H2,(H2,21,23)(H,24,25). The number of aromatic nitrogens is 1. The zero-order valence-corrected chi connectivity index (χ0v) is 15.6. The summed E-state index contributed by atoms with van der Waals surface area (Å²) in [6.07, 6.45) is 1.72. The van der Waals surface area contributed by atoms with Gasteiger partial charge in [0.2, 0.25) is 0 Å². The molecule has 0 unspecified atom stereocenters. The number of amidine groups is 1. The Kier molecular flexibility index (Phi) is 6.35. The van der Waals surface area contributed by atoms with Crippen molar-refractivity contribution in [2.75, 3.05) is 0 Å². The van der Waals surface area contributed by atoms with E-state index in [0.717, 1.165) is 16.9 Å². The van der Waals surface area contributed by atoms with Crippen LogP contribution in [0.4, 0.5) is 0 Å². The summed E-state index contributed by atoms with van der Waals surface area (Å²) in [5, 5.41) is 4.16. The van der Waals surface area contributed by atoms with E-state index in [0.29, 0.717) is 15.9 Å². The van der Waals surface area contributed by atoms with Crippen LogP contribution in [0.25, 0.3) is 11.1 Å². The van der Waals surface area contributed by atoms with Gasteiger partial charge in [0.05, 0.1) is 0 Å². The van der Waals surface area contributed by atoms with Gasteiger partial charge in [-0.15, -0.1) is 0 Å². The number of benzene rings is 2.